The van der Waals surface area contributed by atoms with E-state index in [1.165, 1.54) is 23.3 Å². The molecule has 1 spiro atoms. The summed E-state index contributed by atoms with van der Waals surface area (Å²) in [6.45, 7) is 7.01. The zero-order valence-electron chi connectivity index (χ0n) is 25.3. The van der Waals surface area contributed by atoms with Gasteiger partial charge in [0.2, 0.25) is 5.91 Å². The maximum absolute atomic E-state index is 13.7. The van der Waals surface area contributed by atoms with Crippen LogP contribution < -0.4 is 15.5 Å². The first-order chi connectivity index (χ1) is 21.4. The molecule has 1 aromatic heterocycles. The third-order valence-corrected chi connectivity index (χ3v) is 10.1. The number of hydrogen-bond acceptors (Lipinski definition) is 5. The number of nitrogens with one attached hydrogen (secondary N) is 2. The van der Waals surface area contributed by atoms with Crippen molar-refractivity contribution in [1.29, 1.82) is 0 Å². The highest BCUT2D eigenvalue weighted by Crippen LogP contribution is 2.51. The molecule has 2 saturated carbocycles. The molecule has 0 unspecified atom stereocenters. The summed E-state index contributed by atoms with van der Waals surface area (Å²) in [6.07, 6.45) is 8.75. The van der Waals surface area contributed by atoms with Gasteiger partial charge in [-0.25, -0.2) is 4.39 Å². The van der Waals surface area contributed by atoms with Crippen molar-refractivity contribution in [2.45, 2.75) is 45.1 Å². The first-order valence-corrected chi connectivity index (χ1v) is 16.0. The molecule has 7 nitrogen and oxygen atoms in total. The van der Waals surface area contributed by atoms with Crippen LogP contribution in [0, 0.1) is 17.2 Å². The number of aromatic nitrogens is 1. The molecule has 2 amide bonds. The fourth-order valence-electron chi connectivity index (χ4n) is 7.08. The van der Waals surface area contributed by atoms with E-state index in [-0.39, 0.29) is 23.7 Å². The van der Waals surface area contributed by atoms with E-state index < -0.39 is 0 Å². The summed E-state index contributed by atoms with van der Waals surface area (Å²) >= 11 is 0. The average molecular weight is 594 g/mol. The number of carbonyl (C=O) groups is 2. The van der Waals surface area contributed by atoms with Gasteiger partial charge >= 0.3 is 0 Å². The van der Waals surface area contributed by atoms with Crippen LogP contribution in [-0.2, 0) is 4.79 Å². The molecule has 0 radical (unpaired) electrons. The predicted octanol–water partition coefficient (Wildman–Crippen LogP) is 5.35. The fourth-order valence-corrected chi connectivity index (χ4v) is 7.08. The summed E-state index contributed by atoms with van der Waals surface area (Å²) in [5.41, 5.74) is 7.60. The third-order valence-electron chi connectivity index (χ3n) is 10.1. The standard InChI is InChI=1S/C36H40FN5O2/c1-24(40-34(43)29-17-32(21-38-20-29)41-13-15-42(16-14-41)35(44)28-3-2-4-28)25-5-7-26(8-6-25)33(27-9-11-31(37)12-10-27)30-18-36(19-30)22-39-23-36/h5-12,17,20-21,24,28,39H,2-4,13-16,18-19,22-23H2,1H3,(H,40,43)/t24-/m1/s1. The minimum absolute atomic E-state index is 0.169. The van der Waals surface area contributed by atoms with Crippen molar-refractivity contribution >= 4 is 23.1 Å². The van der Waals surface area contributed by atoms with Crippen LogP contribution >= 0.6 is 0 Å². The van der Waals surface area contributed by atoms with Gasteiger partial charge in [-0.3, -0.25) is 14.6 Å². The summed E-state index contributed by atoms with van der Waals surface area (Å²) in [5, 5.41) is 6.54. The van der Waals surface area contributed by atoms with Gasteiger partial charge in [-0.15, -0.1) is 0 Å². The van der Waals surface area contributed by atoms with Crippen LogP contribution in [0.5, 0.6) is 0 Å². The Bertz CT molecular complexity index is 1560. The quantitative estimate of drug-likeness (QED) is 0.387. The summed E-state index contributed by atoms with van der Waals surface area (Å²) in [5.74, 6) is 0.125. The predicted molar refractivity (Wildman–Crippen MR) is 170 cm³/mol. The monoisotopic (exact) mass is 593 g/mol. The van der Waals surface area contributed by atoms with Crippen molar-refractivity contribution in [2.24, 2.45) is 11.3 Å². The van der Waals surface area contributed by atoms with Crippen LogP contribution in [0.25, 0.3) is 5.57 Å². The van der Waals surface area contributed by atoms with Crippen LogP contribution in [0.1, 0.15) is 72.1 Å². The van der Waals surface area contributed by atoms with E-state index in [1.807, 2.05) is 30.0 Å². The lowest BCUT2D eigenvalue weighted by Crippen LogP contribution is -2.58. The fraction of sp³-hybridized carbons (Fsp3) is 0.417. The van der Waals surface area contributed by atoms with E-state index in [2.05, 4.69) is 44.8 Å². The smallest absolute Gasteiger partial charge is 0.253 e. The SMILES string of the molecule is C[C@@H](NC(=O)c1cncc(N2CCN(C(=O)C3CCC3)CC2)c1)c1ccc(C(=C2CC3(CNC3)C2)c2ccc(F)cc2)cc1. The topological polar surface area (TPSA) is 77.6 Å². The Balaban J connectivity index is 1.00. The van der Waals surface area contributed by atoms with Crippen LogP contribution in [0.3, 0.4) is 0 Å². The number of carbonyl (C=O) groups excluding carboxylic acids is 2. The lowest BCUT2D eigenvalue weighted by atomic mass is 9.60. The Morgan fingerprint density at radius 1 is 0.932 bits per heavy atom. The summed E-state index contributed by atoms with van der Waals surface area (Å²) in [4.78, 5) is 34.5. The van der Waals surface area contributed by atoms with Crippen molar-refractivity contribution in [3.63, 3.8) is 0 Å². The molecule has 3 aromatic rings. The number of rotatable bonds is 7. The van der Waals surface area contributed by atoms with Gasteiger partial charge in [0.05, 0.1) is 23.5 Å². The largest absolute Gasteiger partial charge is 0.367 e. The molecule has 2 aliphatic carbocycles. The van der Waals surface area contributed by atoms with E-state index in [0.29, 0.717) is 30.0 Å². The number of amides is 2. The Morgan fingerprint density at radius 2 is 1.59 bits per heavy atom. The Labute approximate surface area is 258 Å². The normalized spacial score (nSPS) is 19.9. The molecule has 8 heteroatoms. The minimum Gasteiger partial charge on any atom is -0.367 e. The molecule has 44 heavy (non-hydrogen) atoms. The van der Waals surface area contributed by atoms with Crippen LogP contribution in [-0.4, -0.2) is 61.0 Å². The van der Waals surface area contributed by atoms with Gasteiger partial charge in [-0.05, 0) is 73.1 Å². The van der Waals surface area contributed by atoms with Crippen LogP contribution in [0.2, 0.25) is 0 Å². The second-order valence-corrected chi connectivity index (χ2v) is 13.1. The first kappa shape index (κ1) is 28.7. The second-order valence-electron chi connectivity index (χ2n) is 13.1. The number of allylic oxidation sites excluding steroid dienone is 1. The van der Waals surface area contributed by atoms with Gasteiger partial charge in [0.25, 0.3) is 5.91 Å². The second kappa shape index (κ2) is 11.8. The zero-order valence-corrected chi connectivity index (χ0v) is 25.3. The Kier molecular flexibility index (Phi) is 7.70. The maximum Gasteiger partial charge on any atom is 0.253 e. The number of nitrogens with zero attached hydrogens (tertiary/aromatic N) is 3. The Morgan fingerprint density at radius 3 is 2.18 bits per heavy atom. The first-order valence-electron chi connectivity index (χ1n) is 16.0. The number of pyridine rings is 1. The average Bonchev–Trinajstić information content (AvgIpc) is 2.98. The molecule has 0 bridgehead atoms. The molecule has 7 rings (SSSR count). The van der Waals surface area contributed by atoms with Crippen molar-refractivity contribution < 1.29 is 14.0 Å². The molecule has 3 heterocycles. The van der Waals surface area contributed by atoms with Crippen LogP contribution in [0.4, 0.5) is 10.1 Å². The van der Waals surface area contributed by atoms with Gasteiger partial charge < -0.3 is 20.4 Å². The number of benzene rings is 2. The Hall–Kier alpha value is -4.04. The molecule has 4 fully saturated rings. The number of halogens is 1. The van der Waals surface area contributed by atoms with Gasteiger partial charge in [0, 0.05) is 56.8 Å². The number of hydrogen-bond donors (Lipinski definition) is 2. The molecule has 2 N–H and O–H groups in total. The summed E-state index contributed by atoms with van der Waals surface area (Å²) in [6, 6.07) is 16.9. The summed E-state index contributed by atoms with van der Waals surface area (Å²) < 4.78 is 13.7. The van der Waals surface area contributed by atoms with E-state index in [9.17, 15) is 14.0 Å². The molecule has 1 atom stereocenters. The molecular formula is C36H40FN5O2. The van der Waals surface area contributed by atoms with E-state index in [4.69, 9.17) is 0 Å². The van der Waals surface area contributed by atoms with E-state index in [1.54, 1.807) is 12.4 Å². The molecule has 4 aliphatic rings. The maximum atomic E-state index is 13.7. The van der Waals surface area contributed by atoms with Crippen molar-refractivity contribution in [1.82, 2.24) is 20.5 Å². The molecule has 2 saturated heterocycles. The van der Waals surface area contributed by atoms with Crippen LogP contribution in [0.15, 0.2) is 72.6 Å². The number of piperazine rings is 1. The van der Waals surface area contributed by atoms with E-state index in [0.717, 1.165) is 80.7 Å². The van der Waals surface area contributed by atoms with Crippen molar-refractivity contribution in [3.8, 4) is 0 Å². The third kappa shape index (κ3) is 5.63. The van der Waals surface area contributed by atoms with Gasteiger partial charge in [-0.1, -0.05) is 48.4 Å². The lowest BCUT2D eigenvalue weighted by molar-refractivity contribution is -0.138. The van der Waals surface area contributed by atoms with E-state index >= 15 is 0 Å². The molecule has 2 aromatic carbocycles. The van der Waals surface area contributed by atoms with Crippen molar-refractivity contribution in [3.05, 3.63) is 101 Å². The molecule has 2 aliphatic heterocycles. The van der Waals surface area contributed by atoms with Gasteiger partial charge in [0.1, 0.15) is 5.82 Å². The number of anilines is 1. The zero-order chi connectivity index (χ0) is 30.3. The van der Waals surface area contributed by atoms with Gasteiger partial charge in [-0.2, -0.15) is 0 Å². The minimum atomic E-state index is -0.231. The highest BCUT2D eigenvalue weighted by Gasteiger charge is 2.46. The molecular weight excluding hydrogens is 553 g/mol. The lowest BCUT2D eigenvalue weighted by Gasteiger charge is -2.52. The highest BCUT2D eigenvalue weighted by molar-refractivity contribution is 5.95. The summed E-state index contributed by atoms with van der Waals surface area (Å²) in [7, 11) is 0. The highest BCUT2D eigenvalue weighted by atomic mass is 19.1. The van der Waals surface area contributed by atoms with Crippen molar-refractivity contribution in [2.75, 3.05) is 44.2 Å². The molecule has 228 valence electrons. The van der Waals surface area contributed by atoms with Gasteiger partial charge in [0.15, 0.2) is 0 Å².